The number of nitrogens with two attached hydrogens (primary N) is 1. The highest BCUT2D eigenvalue weighted by Gasteiger charge is 2.15. The zero-order valence-corrected chi connectivity index (χ0v) is 12.0. The molecule has 0 saturated carbocycles. The summed E-state index contributed by atoms with van der Waals surface area (Å²) >= 11 is 0. The Labute approximate surface area is 119 Å². The van der Waals surface area contributed by atoms with Crippen LogP contribution in [0.4, 0.5) is 5.69 Å². The van der Waals surface area contributed by atoms with Gasteiger partial charge in [0.1, 0.15) is 11.4 Å². The van der Waals surface area contributed by atoms with Crippen LogP contribution in [0.25, 0.3) is 0 Å². The molecule has 3 heteroatoms. The SMILES string of the molecule is CC(C)(C)Oc1ccc(C(=O)c2ccccc2)c(N)c1. The van der Waals surface area contributed by atoms with Crippen molar-refractivity contribution in [2.24, 2.45) is 0 Å². The highest BCUT2D eigenvalue weighted by Crippen LogP contribution is 2.25. The van der Waals surface area contributed by atoms with Gasteiger partial charge in [0, 0.05) is 22.9 Å². The average Bonchev–Trinajstić information content (AvgIpc) is 2.37. The van der Waals surface area contributed by atoms with Crippen LogP contribution in [0.15, 0.2) is 48.5 Å². The molecule has 104 valence electrons. The van der Waals surface area contributed by atoms with Gasteiger partial charge >= 0.3 is 0 Å². The van der Waals surface area contributed by atoms with E-state index in [0.717, 1.165) is 0 Å². The van der Waals surface area contributed by atoms with Crippen LogP contribution >= 0.6 is 0 Å². The van der Waals surface area contributed by atoms with E-state index in [1.165, 1.54) is 0 Å². The van der Waals surface area contributed by atoms with Crippen molar-refractivity contribution in [3.05, 3.63) is 59.7 Å². The molecule has 0 fully saturated rings. The Balaban J connectivity index is 2.29. The van der Waals surface area contributed by atoms with Crippen molar-refractivity contribution in [3.8, 4) is 5.75 Å². The van der Waals surface area contributed by atoms with Gasteiger partial charge in [-0.15, -0.1) is 0 Å². The first-order valence-electron chi connectivity index (χ1n) is 6.55. The van der Waals surface area contributed by atoms with E-state index in [2.05, 4.69) is 0 Å². The van der Waals surface area contributed by atoms with Crippen LogP contribution in [0, 0.1) is 0 Å². The molecule has 0 aromatic heterocycles. The van der Waals surface area contributed by atoms with Crippen LogP contribution in [0.2, 0.25) is 0 Å². The van der Waals surface area contributed by atoms with Crippen molar-refractivity contribution in [1.82, 2.24) is 0 Å². The molecule has 2 rings (SSSR count). The van der Waals surface area contributed by atoms with Crippen molar-refractivity contribution in [1.29, 1.82) is 0 Å². The fraction of sp³-hybridized carbons (Fsp3) is 0.235. The Hall–Kier alpha value is -2.29. The Morgan fingerprint density at radius 1 is 1.05 bits per heavy atom. The normalized spacial score (nSPS) is 11.2. The molecule has 0 aliphatic rings. The van der Waals surface area contributed by atoms with Crippen LogP contribution in [0.5, 0.6) is 5.75 Å². The molecule has 0 aliphatic heterocycles. The van der Waals surface area contributed by atoms with Crippen molar-refractivity contribution in [2.75, 3.05) is 5.73 Å². The van der Waals surface area contributed by atoms with Gasteiger partial charge in [-0.05, 0) is 32.9 Å². The lowest BCUT2D eigenvalue weighted by Gasteiger charge is -2.21. The second kappa shape index (κ2) is 5.37. The smallest absolute Gasteiger partial charge is 0.195 e. The van der Waals surface area contributed by atoms with Crippen LogP contribution in [-0.2, 0) is 0 Å². The molecular weight excluding hydrogens is 250 g/mol. The molecule has 0 atom stereocenters. The third kappa shape index (κ3) is 3.38. The number of nitrogen functional groups attached to an aromatic ring is 1. The number of hydrogen-bond donors (Lipinski definition) is 1. The number of rotatable bonds is 3. The zero-order chi connectivity index (χ0) is 14.8. The first kappa shape index (κ1) is 14.1. The lowest BCUT2D eigenvalue weighted by atomic mass is 10.0. The Morgan fingerprint density at radius 2 is 1.70 bits per heavy atom. The molecule has 3 nitrogen and oxygen atoms in total. The van der Waals surface area contributed by atoms with Crippen molar-refractivity contribution in [2.45, 2.75) is 26.4 Å². The van der Waals surface area contributed by atoms with Crippen molar-refractivity contribution >= 4 is 11.5 Å². The number of benzene rings is 2. The zero-order valence-electron chi connectivity index (χ0n) is 12.0. The number of hydrogen-bond acceptors (Lipinski definition) is 3. The number of anilines is 1. The Bertz CT molecular complexity index is 613. The summed E-state index contributed by atoms with van der Waals surface area (Å²) in [5.41, 5.74) is 7.24. The quantitative estimate of drug-likeness (QED) is 0.683. The largest absolute Gasteiger partial charge is 0.488 e. The van der Waals surface area contributed by atoms with E-state index in [4.69, 9.17) is 10.5 Å². The third-order valence-electron chi connectivity index (χ3n) is 2.73. The van der Waals surface area contributed by atoms with Gasteiger partial charge in [0.15, 0.2) is 5.78 Å². The summed E-state index contributed by atoms with van der Waals surface area (Å²) in [5.74, 6) is 0.588. The summed E-state index contributed by atoms with van der Waals surface area (Å²) in [5, 5.41) is 0. The van der Waals surface area contributed by atoms with E-state index in [1.54, 1.807) is 30.3 Å². The van der Waals surface area contributed by atoms with Crippen LogP contribution in [-0.4, -0.2) is 11.4 Å². The monoisotopic (exact) mass is 269 g/mol. The standard InChI is InChI=1S/C17H19NO2/c1-17(2,3)20-13-9-10-14(15(18)11-13)16(19)12-7-5-4-6-8-12/h4-11H,18H2,1-3H3. The van der Waals surface area contributed by atoms with Gasteiger partial charge in [-0.2, -0.15) is 0 Å². The van der Waals surface area contributed by atoms with Gasteiger partial charge in [-0.25, -0.2) is 0 Å². The van der Waals surface area contributed by atoms with E-state index in [9.17, 15) is 4.79 Å². The summed E-state index contributed by atoms with van der Waals surface area (Å²) in [6.07, 6.45) is 0. The number of ketones is 1. The Morgan fingerprint density at radius 3 is 2.25 bits per heavy atom. The molecule has 2 aromatic rings. The summed E-state index contributed by atoms with van der Waals surface area (Å²) in [6.45, 7) is 5.89. The summed E-state index contributed by atoms with van der Waals surface area (Å²) in [6, 6.07) is 14.3. The van der Waals surface area contributed by atoms with Gasteiger partial charge in [-0.1, -0.05) is 30.3 Å². The predicted octanol–water partition coefficient (Wildman–Crippen LogP) is 3.68. The summed E-state index contributed by atoms with van der Waals surface area (Å²) in [4.78, 5) is 12.3. The van der Waals surface area contributed by atoms with Crippen LogP contribution < -0.4 is 10.5 Å². The summed E-state index contributed by atoms with van der Waals surface area (Å²) in [7, 11) is 0. The van der Waals surface area contributed by atoms with E-state index in [1.807, 2.05) is 39.0 Å². The minimum absolute atomic E-state index is 0.0783. The summed E-state index contributed by atoms with van der Waals surface area (Å²) < 4.78 is 5.73. The van der Waals surface area contributed by atoms with E-state index < -0.39 is 0 Å². The molecule has 20 heavy (non-hydrogen) atoms. The molecule has 2 aromatic carbocycles. The molecule has 0 aliphatic carbocycles. The minimum Gasteiger partial charge on any atom is -0.488 e. The molecule has 0 unspecified atom stereocenters. The number of ether oxygens (including phenoxy) is 1. The maximum absolute atomic E-state index is 12.3. The van der Waals surface area contributed by atoms with Gasteiger partial charge in [-0.3, -0.25) is 4.79 Å². The molecule has 0 spiro atoms. The first-order chi connectivity index (χ1) is 9.37. The highest BCUT2D eigenvalue weighted by molar-refractivity contribution is 6.12. The number of carbonyl (C=O) groups excluding carboxylic acids is 1. The predicted molar refractivity (Wildman–Crippen MR) is 81.1 cm³/mol. The molecule has 0 amide bonds. The van der Waals surface area contributed by atoms with E-state index >= 15 is 0 Å². The fourth-order valence-electron chi connectivity index (χ4n) is 1.91. The van der Waals surface area contributed by atoms with E-state index in [0.29, 0.717) is 22.6 Å². The lowest BCUT2D eigenvalue weighted by molar-refractivity contribution is 0.103. The molecular formula is C17H19NO2. The highest BCUT2D eigenvalue weighted by atomic mass is 16.5. The van der Waals surface area contributed by atoms with E-state index in [-0.39, 0.29) is 11.4 Å². The fourth-order valence-corrected chi connectivity index (χ4v) is 1.91. The maximum Gasteiger partial charge on any atom is 0.195 e. The molecule has 0 bridgehead atoms. The molecule has 0 saturated heterocycles. The van der Waals surface area contributed by atoms with Gasteiger partial charge in [0.05, 0.1) is 0 Å². The average molecular weight is 269 g/mol. The van der Waals surface area contributed by atoms with Crippen molar-refractivity contribution < 1.29 is 9.53 Å². The minimum atomic E-state index is -0.294. The second-order valence-electron chi connectivity index (χ2n) is 5.66. The Kier molecular flexibility index (Phi) is 3.79. The maximum atomic E-state index is 12.3. The van der Waals surface area contributed by atoms with Gasteiger partial charge in [0.2, 0.25) is 0 Å². The van der Waals surface area contributed by atoms with Gasteiger partial charge in [0.25, 0.3) is 0 Å². The molecule has 0 heterocycles. The van der Waals surface area contributed by atoms with Crippen molar-refractivity contribution in [3.63, 3.8) is 0 Å². The van der Waals surface area contributed by atoms with Gasteiger partial charge < -0.3 is 10.5 Å². The second-order valence-corrected chi connectivity index (χ2v) is 5.66. The molecule has 0 radical (unpaired) electrons. The van der Waals surface area contributed by atoms with Crippen LogP contribution in [0.1, 0.15) is 36.7 Å². The lowest BCUT2D eigenvalue weighted by Crippen LogP contribution is -2.23. The topological polar surface area (TPSA) is 52.3 Å². The third-order valence-corrected chi connectivity index (χ3v) is 2.73. The van der Waals surface area contributed by atoms with Crippen LogP contribution in [0.3, 0.4) is 0 Å². The first-order valence-corrected chi connectivity index (χ1v) is 6.55. The molecule has 2 N–H and O–H groups in total. The number of carbonyl (C=O) groups is 1.